The molecular formula is C44H29N3S. The van der Waals surface area contributed by atoms with Crippen LogP contribution in [0.15, 0.2) is 176 Å². The molecule has 4 heteroatoms. The number of rotatable bonds is 6. The van der Waals surface area contributed by atoms with Gasteiger partial charge in [0.05, 0.1) is 27.3 Å². The van der Waals surface area contributed by atoms with Gasteiger partial charge in [0.1, 0.15) is 0 Å². The van der Waals surface area contributed by atoms with E-state index in [1.807, 2.05) is 17.4 Å². The second-order valence-electron chi connectivity index (χ2n) is 11.8. The van der Waals surface area contributed by atoms with Gasteiger partial charge in [0.25, 0.3) is 0 Å². The molecule has 226 valence electrons. The Labute approximate surface area is 283 Å². The van der Waals surface area contributed by atoms with Gasteiger partial charge in [0.15, 0.2) is 0 Å². The van der Waals surface area contributed by atoms with E-state index in [1.54, 1.807) is 0 Å². The van der Waals surface area contributed by atoms with Gasteiger partial charge < -0.3 is 0 Å². The fourth-order valence-electron chi connectivity index (χ4n) is 6.62. The maximum atomic E-state index is 5.42. The number of aromatic nitrogens is 2. The van der Waals surface area contributed by atoms with Crippen molar-refractivity contribution in [3.63, 3.8) is 0 Å². The Bertz CT molecular complexity index is 2560. The van der Waals surface area contributed by atoms with Gasteiger partial charge in [-0.2, -0.15) is 0 Å². The summed E-state index contributed by atoms with van der Waals surface area (Å²) >= 11 is 1.81. The molecule has 7 aromatic carbocycles. The zero-order valence-corrected chi connectivity index (χ0v) is 26.8. The Morgan fingerprint density at radius 2 is 1.04 bits per heavy atom. The molecule has 0 radical (unpaired) electrons. The minimum absolute atomic E-state index is 0.627. The highest BCUT2D eigenvalue weighted by Gasteiger charge is 2.25. The molecule has 0 saturated carbocycles. The lowest BCUT2D eigenvalue weighted by Gasteiger charge is -2.27. The highest BCUT2D eigenvalue weighted by atomic mass is 32.1. The molecule has 0 atom stereocenters. The Hall–Kier alpha value is -6.10. The van der Waals surface area contributed by atoms with Crippen LogP contribution in [0.3, 0.4) is 0 Å². The first-order valence-corrected chi connectivity index (χ1v) is 16.9. The van der Waals surface area contributed by atoms with E-state index >= 15 is 0 Å². The number of hydrogen-bond acceptors (Lipinski definition) is 4. The van der Waals surface area contributed by atoms with Crippen molar-refractivity contribution in [3.05, 3.63) is 176 Å². The number of para-hydroxylation sites is 1. The zero-order valence-electron chi connectivity index (χ0n) is 26.0. The molecule has 0 saturated heterocycles. The lowest BCUT2D eigenvalue weighted by molar-refractivity contribution is 1.12. The summed E-state index contributed by atoms with van der Waals surface area (Å²) in [6, 6.07) is 61.9. The van der Waals surface area contributed by atoms with Gasteiger partial charge in [0, 0.05) is 32.0 Å². The predicted molar refractivity (Wildman–Crippen MR) is 203 cm³/mol. The first kappa shape index (κ1) is 28.1. The van der Waals surface area contributed by atoms with Gasteiger partial charge >= 0.3 is 0 Å². The Morgan fingerprint density at radius 3 is 1.81 bits per heavy atom. The van der Waals surface area contributed by atoms with Crippen molar-refractivity contribution in [1.82, 2.24) is 9.97 Å². The third-order valence-corrected chi connectivity index (χ3v) is 10.1. The van der Waals surface area contributed by atoms with Crippen molar-refractivity contribution in [2.24, 2.45) is 0 Å². The minimum Gasteiger partial charge on any atom is -0.277 e. The smallest absolute Gasteiger partial charge is 0.235 e. The Kier molecular flexibility index (Phi) is 6.99. The molecular weight excluding hydrogens is 603 g/mol. The van der Waals surface area contributed by atoms with Crippen molar-refractivity contribution in [2.75, 3.05) is 4.90 Å². The summed E-state index contributed by atoms with van der Waals surface area (Å²) in [6.07, 6.45) is 0. The van der Waals surface area contributed by atoms with E-state index < -0.39 is 0 Å². The first-order valence-electron chi connectivity index (χ1n) is 16.1. The van der Waals surface area contributed by atoms with Crippen molar-refractivity contribution in [2.45, 2.75) is 0 Å². The van der Waals surface area contributed by atoms with Gasteiger partial charge in [-0.25, -0.2) is 9.97 Å². The molecule has 0 aliphatic carbocycles. The number of thiophene rings is 1. The van der Waals surface area contributed by atoms with Crippen LogP contribution in [0.25, 0.3) is 64.6 Å². The molecule has 48 heavy (non-hydrogen) atoms. The van der Waals surface area contributed by atoms with Crippen molar-refractivity contribution < 1.29 is 0 Å². The van der Waals surface area contributed by atoms with Crippen LogP contribution in [0.1, 0.15) is 0 Å². The van der Waals surface area contributed by atoms with E-state index in [-0.39, 0.29) is 0 Å². The zero-order chi connectivity index (χ0) is 31.9. The fraction of sp³-hybridized carbons (Fsp3) is 0. The average Bonchev–Trinajstić information content (AvgIpc) is 3.55. The third kappa shape index (κ3) is 4.91. The van der Waals surface area contributed by atoms with Gasteiger partial charge in [-0.3, -0.25) is 4.90 Å². The maximum absolute atomic E-state index is 5.42. The second kappa shape index (κ2) is 11.9. The fourth-order valence-corrected chi connectivity index (χ4v) is 7.83. The molecule has 0 fully saturated rings. The SMILES string of the molecule is c1ccc(-c2ccc(N(c3nc(-c4ccccc4)c4ccccc4n3)c3cccc4c3sc3ccccc34)c(-c3ccccc3)c2)cc1. The van der Waals surface area contributed by atoms with E-state index in [9.17, 15) is 0 Å². The number of benzene rings is 7. The summed E-state index contributed by atoms with van der Waals surface area (Å²) < 4.78 is 2.45. The van der Waals surface area contributed by atoms with Gasteiger partial charge in [-0.1, -0.05) is 146 Å². The summed E-state index contributed by atoms with van der Waals surface area (Å²) in [5.74, 6) is 0.627. The largest absolute Gasteiger partial charge is 0.277 e. The van der Waals surface area contributed by atoms with E-state index in [0.717, 1.165) is 50.2 Å². The highest BCUT2D eigenvalue weighted by molar-refractivity contribution is 7.26. The molecule has 0 amide bonds. The number of hydrogen-bond donors (Lipinski definition) is 0. The molecule has 0 aliphatic heterocycles. The van der Waals surface area contributed by atoms with Gasteiger partial charge in [-0.05, 0) is 47.0 Å². The molecule has 0 unspecified atom stereocenters. The Morgan fingerprint density at radius 1 is 0.417 bits per heavy atom. The van der Waals surface area contributed by atoms with Gasteiger partial charge in [-0.15, -0.1) is 11.3 Å². The van der Waals surface area contributed by atoms with E-state index in [0.29, 0.717) is 5.95 Å². The van der Waals surface area contributed by atoms with E-state index in [2.05, 4.69) is 175 Å². The van der Waals surface area contributed by atoms with Crippen LogP contribution in [-0.4, -0.2) is 9.97 Å². The van der Waals surface area contributed by atoms with E-state index in [1.165, 1.54) is 25.7 Å². The van der Waals surface area contributed by atoms with Crippen LogP contribution < -0.4 is 4.90 Å². The van der Waals surface area contributed by atoms with Crippen LogP contribution in [0.5, 0.6) is 0 Å². The topological polar surface area (TPSA) is 29.0 Å². The Balaban J connectivity index is 1.38. The highest BCUT2D eigenvalue weighted by Crippen LogP contribution is 2.47. The van der Waals surface area contributed by atoms with E-state index in [4.69, 9.17) is 9.97 Å². The van der Waals surface area contributed by atoms with Crippen molar-refractivity contribution in [1.29, 1.82) is 0 Å². The summed E-state index contributed by atoms with van der Waals surface area (Å²) in [5.41, 5.74) is 9.49. The third-order valence-electron chi connectivity index (χ3n) is 8.89. The molecule has 9 rings (SSSR count). The normalized spacial score (nSPS) is 11.3. The first-order chi connectivity index (χ1) is 23.8. The van der Waals surface area contributed by atoms with Crippen molar-refractivity contribution >= 4 is 59.7 Å². The molecule has 2 aromatic heterocycles. The molecule has 0 N–H and O–H groups in total. The number of anilines is 3. The summed E-state index contributed by atoms with van der Waals surface area (Å²) in [6.45, 7) is 0. The molecule has 0 aliphatic rings. The minimum atomic E-state index is 0.627. The molecule has 3 nitrogen and oxygen atoms in total. The maximum Gasteiger partial charge on any atom is 0.235 e. The lowest BCUT2D eigenvalue weighted by atomic mass is 9.96. The molecule has 2 heterocycles. The molecule has 9 aromatic rings. The summed E-state index contributed by atoms with van der Waals surface area (Å²) in [7, 11) is 0. The number of fused-ring (bicyclic) bond motifs is 4. The molecule has 0 spiro atoms. The standard InChI is InChI=1S/C44H29N3S/c1-4-15-30(16-5-1)33-27-28-39(37(29-33)31-17-6-2-7-18-31)47(40-25-14-23-35-34-21-11-13-26-41(34)48-43(35)40)44-45-38-24-12-10-22-36(38)42(46-44)32-19-8-3-9-20-32/h1-29H. The number of nitrogens with zero attached hydrogens (tertiary/aromatic N) is 3. The summed E-state index contributed by atoms with van der Waals surface area (Å²) in [5, 5.41) is 3.51. The van der Waals surface area contributed by atoms with Crippen LogP contribution in [-0.2, 0) is 0 Å². The van der Waals surface area contributed by atoms with Gasteiger partial charge in [0.2, 0.25) is 5.95 Å². The lowest BCUT2D eigenvalue weighted by Crippen LogP contribution is -2.15. The second-order valence-corrected chi connectivity index (χ2v) is 12.9. The predicted octanol–water partition coefficient (Wildman–Crippen LogP) is 12.5. The average molecular weight is 632 g/mol. The monoisotopic (exact) mass is 631 g/mol. The van der Waals surface area contributed by atoms with Crippen LogP contribution in [0.4, 0.5) is 17.3 Å². The van der Waals surface area contributed by atoms with Crippen LogP contribution in [0.2, 0.25) is 0 Å². The molecule has 0 bridgehead atoms. The van der Waals surface area contributed by atoms with Crippen LogP contribution >= 0.6 is 11.3 Å². The quantitative estimate of drug-likeness (QED) is 0.183. The summed E-state index contributed by atoms with van der Waals surface area (Å²) in [4.78, 5) is 13.0. The van der Waals surface area contributed by atoms with Crippen LogP contribution in [0, 0.1) is 0 Å². The van der Waals surface area contributed by atoms with Crippen molar-refractivity contribution in [3.8, 4) is 33.5 Å².